The molecule has 0 bridgehead atoms. The zero-order chi connectivity index (χ0) is 24.1. The molecule has 0 aliphatic heterocycles. The third-order valence-corrected chi connectivity index (χ3v) is 5.37. The lowest BCUT2D eigenvalue weighted by atomic mass is 10.1. The normalized spacial score (nSPS) is 11.2. The van der Waals surface area contributed by atoms with Crippen molar-refractivity contribution in [3.8, 4) is 5.75 Å². The van der Waals surface area contributed by atoms with E-state index in [9.17, 15) is 13.6 Å². The van der Waals surface area contributed by atoms with Crippen molar-refractivity contribution in [1.82, 2.24) is 4.98 Å². The fraction of sp³-hybridized carbons (Fsp3) is 0.111. The van der Waals surface area contributed by atoms with Crippen LogP contribution >= 0.6 is 11.6 Å². The topological polar surface area (TPSA) is 48.4 Å². The number of carbonyl (C=O) groups is 1. The third kappa shape index (κ3) is 5.41. The maximum Gasteiger partial charge on any atom is 0.338 e. The Morgan fingerprint density at radius 1 is 1.00 bits per heavy atom. The summed E-state index contributed by atoms with van der Waals surface area (Å²) in [5.74, 6) is -1.07. The number of pyridine rings is 1. The molecule has 172 valence electrons. The number of hydrogen-bond acceptors (Lipinski definition) is 4. The maximum atomic E-state index is 14.3. The minimum Gasteiger partial charge on any atom is -0.489 e. The number of hydrogen-bond donors (Lipinski definition) is 0. The first-order valence-electron chi connectivity index (χ1n) is 10.6. The number of aromatic nitrogens is 1. The average molecular weight is 480 g/mol. The van der Waals surface area contributed by atoms with Crippen LogP contribution in [0.25, 0.3) is 23.1 Å². The van der Waals surface area contributed by atoms with E-state index in [1.807, 2.05) is 24.3 Å². The van der Waals surface area contributed by atoms with Gasteiger partial charge in [-0.15, -0.1) is 0 Å². The van der Waals surface area contributed by atoms with Crippen molar-refractivity contribution < 1.29 is 23.0 Å². The van der Waals surface area contributed by atoms with Crippen molar-refractivity contribution in [3.63, 3.8) is 0 Å². The Morgan fingerprint density at radius 3 is 2.56 bits per heavy atom. The number of rotatable bonds is 7. The van der Waals surface area contributed by atoms with Crippen molar-refractivity contribution in [3.05, 3.63) is 106 Å². The number of carbonyl (C=O) groups excluding carboxylic acids is 1. The Balaban J connectivity index is 1.44. The first-order valence-corrected chi connectivity index (χ1v) is 10.9. The van der Waals surface area contributed by atoms with Gasteiger partial charge in [-0.1, -0.05) is 41.9 Å². The molecule has 0 fully saturated rings. The molecule has 34 heavy (non-hydrogen) atoms. The maximum absolute atomic E-state index is 14.3. The van der Waals surface area contributed by atoms with E-state index in [-0.39, 0.29) is 29.4 Å². The summed E-state index contributed by atoms with van der Waals surface area (Å²) in [7, 11) is 0. The van der Waals surface area contributed by atoms with E-state index in [4.69, 9.17) is 21.1 Å². The molecule has 0 spiro atoms. The molecule has 0 radical (unpaired) electrons. The molecule has 7 heteroatoms. The van der Waals surface area contributed by atoms with Crippen LogP contribution in [0.1, 0.15) is 34.1 Å². The number of benzene rings is 3. The Labute approximate surface area is 200 Å². The van der Waals surface area contributed by atoms with Crippen LogP contribution < -0.4 is 4.74 Å². The minimum atomic E-state index is -0.587. The van der Waals surface area contributed by atoms with E-state index >= 15 is 0 Å². The Hall–Kier alpha value is -3.77. The smallest absolute Gasteiger partial charge is 0.338 e. The van der Waals surface area contributed by atoms with Crippen LogP contribution in [-0.4, -0.2) is 17.6 Å². The molecule has 0 aliphatic rings. The summed E-state index contributed by atoms with van der Waals surface area (Å²) >= 11 is 5.85. The van der Waals surface area contributed by atoms with Gasteiger partial charge in [0.2, 0.25) is 0 Å². The van der Waals surface area contributed by atoms with Crippen LogP contribution in [0.5, 0.6) is 5.75 Å². The zero-order valence-corrected chi connectivity index (χ0v) is 19.0. The summed E-state index contributed by atoms with van der Waals surface area (Å²) in [6.45, 7) is 1.78. The van der Waals surface area contributed by atoms with Crippen LogP contribution in [0.2, 0.25) is 5.02 Å². The van der Waals surface area contributed by atoms with E-state index in [1.165, 1.54) is 30.3 Å². The lowest BCUT2D eigenvalue weighted by molar-refractivity contribution is 0.0522. The second kappa shape index (κ2) is 10.4. The molecule has 1 aromatic heterocycles. The zero-order valence-electron chi connectivity index (χ0n) is 18.2. The second-order valence-corrected chi connectivity index (χ2v) is 7.78. The summed E-state index contributed by atoms with van der Waals surface area (Å²) in [6, 6.07) is 17.9. The molecular formula is C27H20ClF2NO3. The van der Waals surface area contributed by atoms with Crippen LogP contribution in [-0.2, 0) is 11.3 Å². The van der Waals surface area contributed by atoms with Gasteiger partial charge in [-0.25, -0.2) is 18.6 Å². The van der Waals surface area contributed by atoms with E-state index in [0.29, 0.717) is 22.3 Å². The molecule has 0 saturated carbocycles. The highest BCUT2D eigenvalue weighted by Gasteiger charge is 2.16. The van der Waals surface area contributed by atoms with Crippen molar-refractivity contribution in [2.45, 2.75) is 13.5 Å². The van der Waals surface area contributed by atoms with E-state index in [1.54, 1.807) is 31.2 Å². The van der Waals surface area contributed by atoms with Gasteiger partial charge in [0.15, 0.2) is 0 Å². The molecule has 4 rings (SSSR count). The second-order valence-electron chi connectivity index (χ2n) is 7.37. The first kappa shape index (κ1) is 23.4. The van der Waals surface area contributed by atoms with E-state index in [2.05, 4.69) is 4.98 Å². The average Bonchev–Trinajstić information content (AvgIpc) is 2.83. The highest BCUT2D eigenvalue weighted by atomic mass is 35.5. The Kier molecular flexibility index (Phi) is 7.18. The molecule has 0 atom stereocenters. The first-order chi connectivity index (χ1) is 16.4. The van der Waals surface area contributed by atoms with Gasteiger partial charge < -0.3 is 9.47 Å². The summed E-state index contributed by atoms with van der Waals surface area (Å²) in [6.07, 6.45) is 3.70. The molecule has 0 saturated heterocycles. The SMILES string of the molecule is CCOC(=O)c1cccc(F)c1COc1ccc(C=Cc2ccc3cc(F)c(Cl)cc3n2)cc1. The van der Waals surface area contributed by atoms with Crippen LogP contribution in [0.3, 0.4) is 0 Å². The van der Waals surface area contributed by atoms with Crippen LogP contribution in [0.4, 0.5) is 8.78 Å². The predicted octanol–water partition coefficient (Wildman–Crippen LogP) is 7.09. The summed E-state index contributed by atoms with van der Waals surface area (Å²) in [4.78, 5) is 16.6. The highest BCUT2D eigenvalue weighted by Crippen LogP contribution is 2.23. The summed E-state index contributed by atoms with van der Waals surface area (Å²) in [5, 5.41) is 0.697. The van der Waals surface area contributed by atoms with Gasteiger partial charge >= 0.3 is 5.97 Å². The summed E-state index contributed by atoms with van der Waals surface area (Å²) < 4.78 is 38.6. The van der Waals surface area contributed by atoms with Gasteiger partial charge in [-0.3, -0.25) is 0 Å². The number of ether oxygens (including phenoxy) is 2. The number of halogens is 3. The van der Waals surface area contributed by atoms with E-state index < -0.39 is 17.6 Å². The monoisotopic (exact) mass is 479 g/mol. The lowest BCUT2D eigenvalue weighted by Gasteiger charge is -2.11. The molecule has 4 aromatic rings. The fourth-order valence-electron chi connectivity index (χ4n) is 3.34. The molecular weight excluding hydrogens is 460 g/mol. The highest BCUT2D eigenvalue weighted by molar-refractivity contribution is 6.31. The quantitative estimate of drug-likeness (QED) is 0.265. The molecule has 0 amide bonds. The third-order valence-electron chi connectivity index (χ3n) is 5.08. The molecule has 3 aromatic carbocycles. The lowest BCUT2D eigenvalue weighted by Crippen LogP contribution is -2.11. The predicted molar refractivity (Wildman–Crippen MR) is 129 cm³/mol. The number of fused-ring (bicyclic) bond motifs is 1. The van der Waals surface area contributed by atoms with Gasteiger partial charge in [0.05, 0.1) is 28.4 Å². The van der Waals surface area contributed by atoms with Crippen molar-refractivity contribution >= 4 is 40.6 Å². The van der Waals surface area contributed by atoms with Crippen LogP contribution in [0, 0.1) is 11.6 Å². The van der Waals surface area contributed by atoms with Gasteiger partial charge in [0, 0.05) is 10.9 Å². The fourth-order valence-corrected chi connectivity index (χ4v) is 3.50. The molecule has 0 aliphatic carbocycles. The van der Waals surface area contributed by atoms with Crippen molar-refractivity contribution in [2.75, 3.05) is 6.61 Å². The molecule has 0 N–H and O–H groups in total. The minimum absolute atomic E-state index is 0.0291. The largest absolute Gasteiger partial charge is 0.489 e. The number of nitrogens with zero attached hydrogens (tertiary/aromatic N) is 1. The summed E-state index contributed by atoms with van der Waals surface area (Å²) in [5.41, 5.74) is 2.49. The molecule has 1 heterocycles. The van der Waals surface area contributed by atoms with Crippen molar-refractivity contribution in [1.29, 1.82) is 0 Å². The van der Waals surface area contributed by atoms with E-state index in [0.717, 1.165) is 5.56 Å². The molecule has 4 nitrogen and oxygen atoms in total. The van der Waals surface area contributed by atoms with Crippen LogP contribution in [0.15, 0.2) is 66.7 Å². The Morgan fingerprint density at radius 2 is 1.79 bits per heavy atom. The molecule has 0 unspecified atom stereocenters. The van der Waals surface area contributed by atoms with Crippen molar-refractivity contribution in [2.24, 2.45) is 0 Å². The van der Waals surface area contributed by atoms with Gasteiger partial charge in [-0.2, -0.15) is 0 Å². The van der Waals surface area contributed by atoms with Gasteiger partial charge in [0.1, 0.15) is 24.0 Å². The Bertz CT molecular complexity index is 1370. The number of esters is 1. The standard InChI is InChI=1S/C27H20ClF2NO3/c1-2-33-27(32)21-4-3-5-24(29)22(21)16-34-20-12-7-17(8-13-20)6-10-19-11-9-18-14-25(30)23(28)15-26(18)31-19/h3-15H,2,16H2,1H3. The van der Waals surface area contributed by atoms with Gasteiger partial charge in [-0.05, 0) is 61.0 Å². The van der Waals surface area contributed by atoms with Gasteiger partial charge in [0.25, 0.3) is 0 Å².